The van der Waals surface area contributed by atoms with Gasteiger partial charge in [-0.05, 0) is 18.3 Å². The van der Waals surface area contributed by atoms with Gasteiger partial charge in [-0.3, -0.25) is 9.59 Å². The first-order chi connectivity index (χ1) is 6.80. The fraction of sp³-hybridized carbons (Fsp3) is 0.818. The molecule has 2 N–H and O–H groups in total. The minimum Gasteiger partial charge on any atom is -0.462 e. The maximum absolute atomic E-state index is 11.4. The fourth-order valence-electron chi connectivity index (χ4n) is 1.42. The van der Waals surface area contributed by atoms with Crippen molar-refractivity contribution in [3.05, 3.63) is 0 Å². The number of esters is 1. The first kappa shape index (κ1) is 12.0. The van der Waals surface area contributed by atoms with Crippen LogP contribution in [0.25, 0.3) is 0 Å². The van der Waals surface area contributed by atoms with E-state index in [2.05, 4.69) is 0 Å². The summed E-state index contributed by atoms with van der Waals surface area (Å²) in [5, 5.41) is 0. The second-order valence-corrected chi connectivity index (χ2v) is 5.21. The Morgan fingerprint density at radius 3 is 2.27 bits per heavy atom. The Morgan fingerprint density at radius 1 is 1.40 bits per heavy atom. The highest BCUT2D eigenvalue weighted by atomic mass is 16.5. The van der Waals surface area contributed by atoms with E-state index < -0.39 is 11.8 Å². The van der Waals surface area contributed by atoms with Crippen LogP contribution in [0.2, 0.25) is 0 Å². The molecule has 4 nitrogen and oxygen atoms in total. The summed E-state index contributed by atoms with van der Waals surface area (Å²) in [5.74, 6) is -1.20. The van der Waals surface area contributed by atoms with Crippen LogP contribution in [0.4, 0.5) is 0 Å². The molecule has 86 valence electrons. The molecule has 0 heterocycles. The summed E-state index contributed by atoms with van der Waals surface area (Å²) in [6, 6.07) is 0. The van der Waals surface area contributed by atoms with Crippen LogP contribution < -0.4 is 5.73 Å². The number of primary amides is 1. The van der Waals surface area contributed by atoms with Gasteiger partial charge in [-0.2, -0.15) is 0 Å². The molecule has 0 aliphatic heterocycles. The summed E-state index contributed by atoms with van der Waals surface area (Å²) >= 11 is 0. The van der Waals surface area contributed by atoms with Crippen molar-refractivity contribution in [1.82, 2.24) is 0 Å². The summed E-state index contributed by atoms with van der Waals surface area (Å²) in [4.78, 5) is 22.6. The molecule has 1 unspecified atom stereocenters. The summed E-state index contributed by atoms with van der Waals surface area (Å²) < 4.78 is 5.09. The average molecular weight is 213 g/mol. The second-order valence-electron chi connectivity index (χ2n) is 5.21. The molecule has 1 atom stereocenters. The van der Waals surface area contributed by atoms with Crippen LogP contribution in [0.3, 0.4) is 0 Å². The highest BCUT2D eigenvalue weighted by Crippen LogP contribution is 2.30. The molecule has 1 aliphatic rings. The fourth-order valence-corrected chi connectivity index (χ4v) is 1.42. The van der Waals surface area contributed by atoms with Crippen molar-refractivity contribution < 1.29 is 14.3 Å². The number of carbonyl (C=O) groups is 2. The Labute approximate surface area is 90.2 Å². The van der Waals surface area contributed by atoms with Crippen molar-refractivity contribution in [3.63, 3.8) is 0 Å². The van der Waals surface area contributed by atoms with Gasteiger partial charge in [0.25, 0.3) is 0 Å². The Bertz CT molecular complexity index is 263. The van der Waals surface area contributed by atoms with Crippen molar-refractivity contribution in [2.75, 3.05) is 0 Å². The average Bonchev–Trinajstić information content (AvgIpc) is 2.81. The molecular formula is C11H19NO3. The van der Waals surface area contributed by atoms with Crippen molar-refractivity contribution >= 4 is 11.9 Å². The first-order valence-electron chi connectivity index (χ1n) is 5.29. The lowest BCUT2D eigenvalue weighted by Gasteiger charge is -2.27. The molecule has 1 aliphatic carbocycles. The molecule has 0 aromatic carbocycles. The van der Waals surface area contributed by atoms with E-state index in [-0.39, 0.29) is 23.9 Å². The third-order valence-electron chi connectivity index (χ3n) is 2.58. The van der Waals surface area contributed by atoms with Gasteiger partial charge < -0.3 is 10.5 Å². The summed E-state index contributed by atoms with van der Waals surface area (Å²) in [5.41, 5.74) is 4.97. The predicted molar refractivity (Wildman–Crippen MR) is 55.9 cm³/mol. The number of hydrogen-bond acceptors (Lipinski definition) is 3. The van der Waals surface area contributed by atoms with Crippen molar-refractivity contribution in [3.8, 4) is 0 Å². The summed E-state index contributed by atoms with van der Waals surface area (Å²) in [7, 11) is 0. The van der Waals surface area contributed by atoms with Crippen LogP contribution >= 0.6 is 0 Å². The molecule has 0 spiro atoms. The van der Waals surface area contributed by atoms with Gasteiger partial charge in [0.15, 0.2) is 0 Å². The Kier molecular flexibility index (Phi) is 3.37. The zero-order chi connectivity index (χ0) is 11.6. The van der Waals surface area contributed by atoms with Crippen LogP contribution in [0.15, 0.2) is 0 Å². The third-order valence-corrected chi connectivity index (χ3v) is 2.58. The minimum absolute atomic E-state index is 0.0889. The first-order valence-corrected chi connectivity index (χ1v) is 5.29. The Balaban J connectivity index is 2.49. The Hall–Kier alpha value is -1.06. The van der Waals surface area contributed by atoms with Gasteiger partial charge >= 0.3 is 5.97 Å². The Morgan fingerprint density at radius 2 is 1.93 bits per heavy atom. The molecule has 1 amide bonds. The molecule has 0 aromatic heterocycles. The lowest BCUT2D eigenvalue weighted by Crippen LogP contribution is -2.36. The SMILES string of the molecule is CC(C)(C)C(CC(=O)OC1CC1)C(N)=O. The number of rotatable bonds is 4. The van der Waals surface area contributed by atoms with Crippen LogP contribution in [0.5, 0.6) is 0 Å². The highest BCUT2D eigenvalue weighted by molar-refractivity contribution is 5.83. The predicted octanol–water partition coefficient (Wildman–Crippen LogP) is 1.23. The van der Waals surface area contributed by atoms with E-state index in [1.807, 2.05) is 20.8 Å². The van der Waals surface area contributed by atoms with Crippen molar-refractivity contribution in [1.29, 1.82) is 0 Å². The van der Waals surface area contributed by atoms with Crippen molar-refractivity contribution in [2.24, 2.45) is 17.1 Å². The van der Waals surface area contributed by atoms with E-state index in [0.29, 0.717) is 0 Å². The largest absolute Gasteiger partial charge is 0.462 e. The molecule has 1 saturated carbocycles. The van der Waals surface area contributed by atoms with E-state index in [1.54, 1.807) is 0 Å². The van der Waals surface area contributed by atoms with Crippen molar-refractivity contribution in [2.45, 2.75) is 46.1 Å². The quantitative estimate of drug-likeness (QED) is 0.714. The van der Waals surface area contributed by atoms with Gasteiger partial charge in [-0.1, -0.05) is 20.8 Å². The summed E-state index contributed by atoms with van der Waals surface area (Å²) in [6.07, 6.45) is 2.08. The van der Waals surface area contributed by atoms with Crippen LogP contribution in [-0.4, -0.2) is 18.0 Å². The number of nitrogens with two attached hydrogens (primary N) is 1. The van der Waals surface area contributed by atoms with Gasteiger partial charge in [0.2, 0.25) is 5.91 Å². The maximum Gasteiger partial charge on any atom is 0.306 e. The summed E-state index contributed by atoms with van der Waals surface area (Å²) in [6.45, 7) is 5.69. The lowest BCUT2D eigenvalue weighted by molar-refractivity contribution is -0.149. The van der Waals surface area contributed by atoms with Gasteiger partial charge in [0, 0.05) is 0 Å². The van der Waals surface area contributed by atoms with E-state index in [1.165, 1.54) is 0 Å². The molecule has 0 saturated heterocycles. The van der Waals surface area contributed by atoms with Gasteiger partial charge in [-0.15, -0.1) is 0 Å². The molecule has 0 radical (unpaired) electrons. The minimum atomic E-state index is -0.455. The van der Waals surface area contributed by atoms with Crippen LogP contribution in [-0.2, 0) is 14.3 Å². The number of ether oxygens (including phenoxy) is 1. The topological polar surface area (TPSA) is 69.4 Å². The molecule has 15 heavy (non-hydrogen) atoms. The number of carbonyl (C=O) groups excluding carboxylic acids is 2. The van der Waals surface area contributed by atoms with Crippen LogP contribution in [0, 0.1) is 11.3 Å². The highest BCUT2D eigenvalue weighted by Gasteiger charge is 2.34. The van der Waals surface area contributed by atoms with E-state index in [0.717, 1.165) is 12.8 Å². The number of amides is 1. The van der Waals surface area contributed by atoms with E-state index in [9.17, 15) is 9.59 Å². The molecule has 1 rings (SSSR count). The molecule has 4 heteroatoms. The van der Waals surface area contributed by atoms with Gasteiger partial charge in [0.05, 0.1) is 12.3 Å². The number of hydrogen-bond donors (Lipinski definition) is 1. The normalized spacial score (nSPS) is 18.3. The lowest BCUT2D eigenvalue weighted by atomic mass is 9.78. The monoisotopic (exact) mass is 213 g/mol. The van der Waals surface area contributed by atoms with Gasteiger partial charge in [-0.25, -0.2) is 0 Å². The maximum atomic E-state index is 11.4. The molecule has 1 fully saturated rings. The second kappa shape index (κ2) is 4.21. The van der Waals surface area contributed by atoms with Crippen LogP contribution in [0.1, 0.15) is 40.0 Å². The van der Waals surface area contributed by atoms with Gasteiger partial charge in [0.1, 0.15) is 6.10 Å². The van der Waals surface area contributed by atoms with E-state index in [4.69, 9.17) is 10.5 Å². The smallest absolute Gasteiger partial charge is 0.306 e. The standard InChI is InChI=1S/C11H19NO3/c1-11(2,3)8(10(12)14)6-9(13)15-7-4-5-7/h7-8H,4-6H2,1-3H3,(H2,12,14). The molecule has 0 bridgehead atoms. The zero-order valence-electron chi connectivity index (χ0n) is 9.58. The third kappa shape index (κ3) is 3.90. The van der Waals surface area contributed by atoms with E-state index >= 15 is 0 Å². The molecule has 0 aromatic rings. The molecular weight excluding hydrogens is 194 g/mol. The zero-order valence-corrected chi connectivity index (χ0v) is 9.58.